The number of hydrogen-bond donors (Lipinski definition) is 1. The first kappa shape index (κ1) is 21.7. The van der Waals surface area contributed by atoms with E-state index in [1.807, 2.05) is 0 Å². The van der Waals surface area contributed by atoms with Crippen LogP contribution in [0.3, 0.4) is 0 Å². The molecule has 1 saturated carbocycles. The van der Waals surface area contributed by atoms with Crippen LogP contribution in [0.25, 0.3) is 0 Å². The first-order valence-electron chi connectivity index (χ1n) is 11.2. The van der Waals surface area contributed by atoms with Crippen molar-refractivity contribution in [3.05, 3.63) is 0 Å². The van der Waals surface area contributed by atoms with Crippen molar-refractivity contribution < 1.29 is 9.59 Å². The van der Waals surface area contributed by atoms with Crippen molar-refractivity contribution in [3.63, 3.8) is 0 Å². The summed E-state index contributed by atoms with van der Waals surface area (Å²) >= 11 is 0. The number of amides is 2. The molecule has 0 spiro atoms. The lowest BCUT2D eigenvalue weighted by atomic mass is 9.07. The van der Waals surface area contributed by atoms with Crippen LogP contribution in [0.2, 0.25) is 10.5 Å². The lowest BCUT2D eigenvalue weighted by molar-refractivity contribution is -0.130. The molecule has 0 aromatic carbocycles. The zero-order valence-corrected chi connectivity index (χ0v) is 17.3. The number of imide groups is 1. The maximum atomic E-state index is 12.3. The van der Waals surface area contributed by atoms with Crippen LogP contribution >= 0.6 is 0 Å². The van der Waals surface area contributed by atoms with Crippen molar-refractivity contribution in [2.75, 3.05) is 0 Å². The molecule has 0 radical (unpaired) electrons. The summed E-state index contributed by atoms with van der Waals surface area (Å²) in [5.74, 6) is -0.141. The summed E-state index contributed by atoms with van der Waals surface area (Å²) in [5.41, 5.74) is 0. The second kappa shape index (κ2) is 10.7. The van der Waals surface area contributed by atoms with Gasteiger partial charge in [0, 0.05) is 12.8 Å². The largest absolute Gasteiger partial charge is 0.296 e. The second-order valence-electron chi connectivity index (χ2n) is 9.80. The Bertz CT molecular complexity index is 466. The van der Waals surface area contributed by atoms with Crippen LogP contribution in [-0.4, -0.2) is 41.1 Å². The predicted octanol–water partition coefficient (Wildman–Crippen LogP) is 2.19. The molecule has 2 aliphatic rings. The molecule has 2 rings (SSSR count). The van der Waals surface area contributed by atoms with Crippen LogP contribution in [0.5, 0.6) is 0 Å². The molecule has 1 atom stereocenters. The molecule has 3 nitrogen and oxygen atoms in total. The second-order valence-corrected chi connectivity index (χ2v) is 9.80. The van der Waals surface area contributed by atoms with Gasteiger partial charge < -0.3 is 0 Å². The van der Waals surface area contributed by atoms with Gasteiger partial charge >= 0.3 is 0 Å². The summed E-state index contributed by atoms with van der Waals surface area (Å²) in [6.45, 7) is 2.27. The standard InChI is InChI=1S/C19H37B4NO2/c1-18(12-8-6-3-7-11-16(25)24-17(26)15-18)21-23-22-19(20)13-9-4-2-5-10-14-19/h21-23H,2-15,20H2,1H3,(H,24,25,26). The Kier molecular flexibility index (Phi) is 8.90. The van der Waals surface area contributed by atoms with Crippen LogP contribution < -0.4 is 5.32 Å². The van der Waals surface area contributed by atoms with Crippen molar-refractivity contribution in [2.24, 2.45) is 0 Å². The molecule has 2 amide bonds. The maximum Gasteiger partial charge on any atom is 0.226 e. The van der Waals surface area contributed by atoms with Gasteiger partial charge in [-0.15, -0.1) is 0 Å². The lowest BCUT2D eigenvalue weighted by Gasteiger charge is -2.33. The third-order valence-electron chi connectivity index (χ3n) is 6.92. The molecular formula is C19H37B4NO2. The Morgan fingerprint density at radius 3 is 2.08 bits per heavy atom. The molecule has 0 bridgehead atoms. The maximum absolute atomic E-state index is 12.3. The smallest absolute Gasteiger partial charge is 0.226 e. The van der Waals surface area contributed by atoms with E-state index < -0.39 is 0 Å². The van der Waals surface area contributed by atoms with Crippen molar-refractivity contribution in [1.29, 1.82) is 0 Å². The van der Waals surface area contributed by atoms with Gasteiger partial charge in [-0.25, -0.2) is 0 Å². The van der Waals surface area contributed by atoms with Crippen LogP contribution in [0.15, 0.2) is 0 Å². The fraction of sp³-hybridized carbons (Fsp3) is 0.895. The lowest BCUT2D eigenvalue weighted by Crippen LogP contribution is -2.38. The Morgan fingerprint density at radius 2 is 1.38 bits per heavy atom. The van der Waals surface area contributed by atoms with E-state index in [2.05, 4.69) is 20.1 Å². The third-order valence-corrected chi connectivity index (χ3v) is 6.92. The zero-order valence-electron chi connectivity index (χ0n) is 17.3. The van der Waals surface area contributed by atoms with E-state index in [4.69, 9.17) is 0 Å². The third kappa shape index (κ3) is 7.96. The van der Waals surface area contributed by atoms with E-state index in [0.717, 1.165) is 26.4 Å². The monoisotopic (exact) mass is 355 g/mol. The number of carbonyl (C=O) groups is 2. The quantitative estimate of drug-likeness (QED) is 0.621. The molecule has 7 heteroatoms. The van der Waals surface area contributed by atoms with Gasteiger partial charge in [0.05, 0.1) is 29.2 Å². The SMILES string of the molecule is BC1(BBBC2(C)CCCCCCC(=O)NC(=O)C2)CCCCCCC1. The number of carbonyl (C=O) groups excluding carboxylic acids is 2. The highest BCUT2D eigenvalue weighted by atomic mass is 16.2. The number of nitrogens with one attached hydrogen (secondary N) is 1. The summed E-state index contributed by atoms with van der Waals surface area (Å²) in [7, 11) is 6.12. The minimum absolute atomic E-state index is 0.0483. The molecule has 1 N–H and O–H groups in total. The highest BCUT2D eigenvalue weighted by Crippen LogP contribution is 2.38. The molecular weight excluding hydrogens is 317 g/mol. The Morgan fingerprint density at radius 1 is 0.808 bits per heavy atom. The van der Waals surface area contributed by atoms with Gasteiger partial charge in [0.1, 0.15) is 0 Å². The fourth-order valence-corrected chi connectivity index (χ4v) is 5.09. The molecule has 1 aliphatic carbocycles. The molecule has 1 aliphatic heterocycles. The fourth-order valence-electron chi connectivity index (χ4n) is 5.09. The summed E-state index contributed by atoms with van der Waals surface area (Å²) in [5, 5.41) is 3.17. The number of rotatable bonds is 4. The molecule has 26 heavy (non-hydrogen) atoms. The molecule has 0 aromatic heterocycles. The van der Waals surface area contributed by atoms with Gasteiger partial charge in [0.25, 0.3) is 0 Å². The minimum atomic E-state index is -0.0821. The van der Waals surface area contributed by atoms with E-state index in [0.29, 0.717) is 18.1 Å². The minimum Gasteiger partial charge on any atom is -0.296 e. The first-order valence-corrected chi connectivity index (χ1v) is 11.2. The summed E-state index contributed by atoms with van der Waals surface area (Å²) < 4.78 is 0. The van der Waals surface area contributed by atoms with Gasteiger partial charge in [-0.1, -0.05) is 88.1 Å². The number of hydrogen-bond acceptors (Lipinski definition) is 2. The van der Waals surface area contributed by atoms with Crippen molar-refractivity contribution in [3.8, 4) is 0 Å². The van der Waals surface area contributed by atoms with E-state index >= 15 is 0 Å². The Hall–Kier alpha value is -0.600. The molecule has 1 unspecified atom stereocenters. The molecule has 2 fully saturated rings. The average Bonchev–Trinajstić information content (AvgIpc) is 2.56. The summed E-state index contributed by atoms with van der Waals surface area (Å²) in [4.78, 5) is 24.1. The summed E-state index contributed by atoms with van der Waals surface area (Å²) in [6.07, 6.45) is 16.3. The predicted molar refractivity (Wildman–Crippen MR) is 119 cm³/mol. The van der Waals surface area contributed by atoms with Gasteiger partial charge in [-0.2, -0.15) is 0 Å². The van der Waals surface area contributed by atoms with E-state index in [1.165, 1.54) is 72.0 Å². The van der Waals surface area contributed by atoms with Crippen molar-refractivity contribution in [2.45, 2.75) is 107 Å². The normalized spacial score (nSPS) is 28.7. The van der Waals surface area contributed by atoms with Crippen LogP contribution in [0, 0.1) is 0 Å². The Balaban J connectivity index is 1.88. The van der Waals surface area contributed by atoms with Crippen molar-refractivity contribution in [1.82, 2.24) is 5.32 Å². The van der Waals surface area contributed by atoms with E-state index in [-0.39, 0.29) is 17.1 Å². The Labute approximate surface area is 163 Å². The van der Waals surface area contributed by atoms with E-state index in [1.54, 1.807) is 0 Å². The highest BCUT2D eigenvalue weighted by molar-refractivity contribution is 7.31. The van der Waals surface area contributed by atoms with E-state index in [9.17, 15) is 9.59 Å². The van der Waals surface area contributed by atoms with Gasteiger partial charge in [0.15, 0.2) is 0 Å². The van der Waals surface area contributed by atoms with Gasteiger partial charge in [-0.3, -0.25) is 14.9 Å². The zero-order chi connectivity index (χ0) is 18.9. The molecule has 1 saturated heterocycles. The average molecular weight is 355 g/mol. The van der Waals surface area contributed by atoms with Gasteiger partial charge in [0.2, 0.25) is 11.8 Å². The molecule has 0 aromatic rings. The van der Waals surface area contributed by atoms with Crippen LogP contribution in [0.4, 0.5) is 0 Å². The first-order chi connectivity index (χ1) is 12.4. The summed E-state index contributed by atoms with van der Waals surface area (Å²) in [6, 6.07) is 0. The molecule has 1 heterocycles. The molecule has 142 valence electrons. The van der Waals surface area contributed by atoms with Crippen LogP contribution in [0.1, 0.15) is 96.8 Å². The van der Waals surface area contributed by atoms with Crippen molar-refractivity contribution >= 4 is 41.1 Å². The van der Waals surface area contributed by atoms with Crippen LogP contribution in [-0.2, 0) is 9.59 Å². The topological polar surface area (TPSA) is 46.2 Å². The van der Waals surface area contributed by atoms with Gasteiger partial charge in [-0.05, 0) is 6.42 Å². The highest BCUT2D eigenvalue weighted by Gasteiger charge is 2.32.